The van der Waals surface area contributed by atoms with Gasteiger partial charge in [-0.05, 0) is 33.2 Å². The molecule has 0 aromatic carbocycles. The molecule has 0 heterocycles. The van der Waals surface area contributed by atoms with Crippen LogP contribution in [0.5, 0.6) is 0 Å². The molecule has 1 amide bonds. The van der Waals surface area contributed by atoms with Crippen molar-refractivity contribution < 1.29 is 9.59 Å². The fraction of sp³-hybridized carbons (Fsp3) is 0.692. The first-order valence-corrected chi connectivity index (χ1v) is 5.99. The molecule has 0 radical (unpaired) electrons. The predicted octanol–water partition coefficient (Wildman–Crippen LogP) is 0.863. The number of nitrogens with one attached hydrogen (secondary N) is 2. The van der Waals surface area contributed by atoms with Crippen LogP contribution in [0.25, 0.3) is 0 Å². The number of rotatable bonds is 9. The van der Waals surface area contributed by atoms with Crippen molar-refractivity contribution in [1.82, 2.24) is 10.6 Å². The molecule has 0 fully saturated rings. The second-order valence-electron chi connectivity index (χ2n) is 4.00. The van der Waals surface area contributed by atoms with Gasteiger partial charge in [0.2, 0.25) is 5.91 Å². The second kappa shape index (κ2) is 9.86. The van der Waals surface area contributed by atoms with Gasteiger partial charge in [0.25, 0.3) is 0 Å². The summed E-state index contributed by atoms with van der Waals surface area (Å²) in [6.45, 7) is 2.24. The lowest BCUT2D eigenvalue weighted by atomic mass is 10.1. The van der Waals surface area contributed by atoms with Crippen molar-refractivity contribution in [3.63, 3.8) is 0 Å². The van der Waals surface area contributed by atoms with Crippen LogP contribution < -0.4 is 10.6 Å². The van der Waals surface area contributed by atoms with E-state index < -0.39 is 0 Å². The third-order valence-corrected chi connectivity index (χ3v) is 2.58. The van der Waals surface area contributed by atoms with Crippen molar-refractivity contribution in [1.29, 1.82) is 0 Å². The normalized spacial score (nSPS) is 11.6. The lowest BCUT2D eigenvalue weighted by molar-refractivity contribution is -0.121. The molecular formula is C13H22N2O2. The fourth-order valence-corrected chi connectivity index (χ4v) is 1.53. The molecule has 0 aliphatic rings. The Kier molecular flexibility index (Phi) is 9.08. The molecule has 0 unspecified atom stereocenters. The average molecular weight is 238 g/mol. The maximum atomic E-state index is 11.2. The Hall–Kier alpha value is -1.34. The number of unbranched alkanes of at least 4 members (excludes halogenated alkanes) is 1. The molecule has 0 aliphatic carbocycles. The van der Waals surface area contributed by atoms with Gasteiger partial charge in [-0.1, -0.05) is 0 Å². The van der Waals surface area contributed by atoms with Crippen LogP contribution in [0.3, 0.4) is 0 Å². The summed E-state index contributed by atoms with van der Waals surface area (Å²) >= 11 is 0. The maximum absolute atomic E-state index is 11.2. The van der Waals surface area contributed by atoms with Crippen molar-refractivity contribution in [3.05, 3.63) is 0 Å². The number of hydrogen-bond acceptors (Lipinski definition) is 3. The molecule has 0 saturated carbocycles. The van der Waals surface area contributed by atoms with Crippen molar-refractivity contribution in [2.24, 2.45) is 0 Å². The van der Waals surface area contributed by atoms with Crippen LogP contribution in [0.2, 0.25) is 0 Å². The number of Topliss-reactive ketones (excluding diaryl/α,β-unsaturated/α-hetero) is 1. The zero-order valence-corrected chi connectivity index (χ0v) is 10.7. The number of terminal acetylenes is 1. The van der Waals surface area contributed by atoms with E-state index in [2.05, 4.69) is 16.6 Å². The SMILES string of the molecule is C#CCCC(=O)NCCCC[C@H](NC)C(C)=O. The van der Waals surface area contributed by atoms with Gasteiger partial charge in [-0.25, -0.2) is 0 Å². The number of ketones is 1. The molecule has 0 bridgehead atoms. The Labute approximate surface area is 104 Å². The summed E-state index contributed by atoms with van der Waals surface area (Å²) in [5.74, 6) is 2.59. The van der Waals surface area contributed by atoms with Crippen LogP contribution in [0, 0.1) is 12.3 Å². The molecule has 0 aliphatic heterocycles. The van der Waals surface area contributed by atoms with Crippen LogP contribution >= 0.6 is 0 Å². The third kappa shape index (κ3) is 8.47. The number of hydrogen-bond donors (Lipinski definition) is 2. The quantitative estimate of drug-likeness (QED) is 0.463. The van der Waals surface area contributed by atoms with Crippen molar-refractivity contribution in [2.45, 2.75) is 45.1 Å². The molecule has 2 N–H and O–H groups in total. The first-order chi connectivity index (χ1) is 8.11. The summed E-state index contributed by atoms with van der Waals surface area (Å²) in [6.07, 6.45) is 8.55. The Balaban J connectivity index is 3.49. The van der Waals surface area contributed by atoms with Crippen LogP contribution in [0.4, 0.5) is 0 Å². The van der Waals surface area contributed by atoms with Gasteiger partial charge in [-0.2, -0.15) is 0 Å². The molecule has 17 heavy (non-hydrogen) atoms. The molecule has 0 spiro atoms. The van der Waals surface area contributed by atoms with Gasteiger partial charge in [0.15, 0.2) is 0 Å². The van der Waals surface area contributed by atoms with Gasteiger partial charge in [0, 0.05) is 19.4 Å². The Bertz CT molecular complexity index is 282. The van der Waals surface area contributed by atoms with Gasteiger partial charge in [0.05, 0.1) is 6.04 Å². The van der Waals surface area contributed by atoms with Crippen LogP contribution in [-0.2, 0) is 9.59 Å². The summed E-state index contributed by atoms with van der Waals surface area (Å²) in [5.41, 5.74) is 0. The first kappa shape index (κ1) is 15.7. The van der Waals surface area contributed by atoms with E-state index in [1.807, 2.05) is 0 Å². The van der Waals surface area contributed by atoms with Crippen LogP contribution in [0.15, 0.2) is 0 Å². The third-order valence-electron chi connectivity index (χ3n) is 2.58. The number of likely N-dealkylation sites (N-methyl/N-ethyl adjacent to an activating group) is 1. The molecule has 4 heteroatoms. The number of carbonyl (C=O) groups is 2. The minimum absolute atomic E-state index is 0.000292. The van der Waals surface area contributed by atoms with Crippen LogP contribution in [0.1, 0.15) is 39.0 Å². The summed E-state index contributed by atoms with van der Waals surface area (Å²) in [7, 11) is 1.79. The van der Waals surface area contributed by atoms with Gasteiger partial charge < -0.3 is 10.6 Å². The highest BCUT2D eigenvalue weighted by molar-refractivity contribution is 5.81. The highest BCUT2D eigenvalue weighted by atomic mass is 16.1. The zero-order chi connectivity index (χ0) is 13.1. The molecular weight excluding hydrogens is 216 g/mol. The molecule has 0 aromatic heterocycles. The van der Waals surface area contributed by atoms with Crippen molar-refractivity contribution >= 4 is 11.7 Å². The largest absolute Gasteiger partial charge is 0.356 e. The van der Waals surface area contributed by atoms with Gasteiger partial charge in [-0.15, -0.1) is 12.3 Å². The molecule has 0 aromatic rings. The fourth-order valence-electron chi connectivity index (χ4n) is 1.53. The van der Waals surface area contributed by atoms with E-state index in [9.17, 15) is 9.59 Å². The number of amides is 1. The van der Waals surface area contributed by atoms with E-state index in [-0.39, 0.29) is 17.7 Å². The van der Waals surface area contributed by atoms with Gasteiger partial charge in [0.1, 0.15) is 5.78 Å². The minimum Gasteiger partial charge on any atom is -0.356 e. The molecule has 0 saturated heterocycles. The summed E-state index contributed by atoms with van der Waals surface area (Å²) in [4.78, 5) is 22.3. The topological polar surface area (TPSA) is 58.2 Å². The Morgan fingerprint density at radius 2 is 2.06 bits per heavy atom. The van der Waals surface area contributed by atoms with E-state index in [1.54, 1.807) is 14.0 Å². The van der Waals surface area contributed by atoms with E-state index in [0.29, 0.717) is 19.4 Å². The van der Waals surface area contributed by atoms with E-state index in [4.69, 9.17) is 6.42 Å². The van der Waals surface area contributed by atoms with Crippen molar-refractivity contribution in [2.75, 3.05) is 13.6 Å². The minimum atomic E-state index is -0.0628. The smallest absolute Gasteiger partial charge is 0.220 e. The Morgan fingerprint density at radius 3 is 2.59 bits per heavy atom. The Morgan fingerprint density at radius 1 is 1.35 bits per heavy atom. The lowest BCUT2D eigenvalue weighted by Gasteiger charge is -2.12. The highest BCUT2D eigenvalue weighted by Crippen LogP contribution is 2.01. The standard InChI is InChI=1S/C13H22N2O2/c1-4-5-9-13(17)15-10-7-6-8-12(14-3)11(2)16/h1,12,14H,5-10H2,2-3H3,(H,15,17)/t12-/m0/s1. The van der Waals surface area contributed by atoms with Crippen molar-refractivity contribution in [3.8, 4) is 12.3 Å². The average Bonchev–Trinajstić information content (AvgIpc) is 2.30. The van der Waals surface area contributed by atoms with Gasteiger partial charge in [-0.3, -0.25) is 9.59 Å². The molecule has 0 rings (SSSR count). The van der Waals surface area contributed by atoms with E-state index in [0.717, 1.165) is 19.3 Å². The second-order valence-corrected chi connectivity index (χ2v) is 4.00. The zero-order valence-electron chi connectivity index (χ0n) is 10.7. The highest BCUT2D eigenvalue weighted by Gasteiger charge is 2.10. The summed E-state index contributed by atoms with van der Waals surface area (Å²) in [5, 5.41) is 5.77. The maximum Gasteiger partial charge on any atom is 0.220 e. The van der Waals surface area contributed by atoms with Crippen LogP contribution in [-0.4, -0.2) is 31.3 Å². The number of carbonyl (C=O) groups excluding carboxylic acids is 2. The van der Waals surface area contributed by atoms with E-state index >= 15 is 0 Å². The summed E-state index contributed by atoms with van der Waals surface area (Å²) < 4.78 is 0. The van der Waals surface area contributed by atoms with E-state index in [1.165, 1.54) is 0 Å². The van der Waals surface area contributed by atoms with Gasteiger partial charge >= 0.3 is 0 Å². The molecule has 96 valence electrons. The summed E-state index contributed by atoms with van der Waals surface area (Å²) in [6, 6.07) is -0.0628. The molecule has 1 atom stereocenters. The monoisotopic (exact) mass is 238 g/mol. The first-order valence-electron chi connectivity index (χ1n) is 5.99. The predicted molar refractivity (Wildman–Crippen MR) is 68.5 cm³/mol. The lowest BCUT2D eigenvalue weighted by Crippen LogP contribution is -2.32. The molecule has 4 nitrogen and oxygen atoms in total.